The lowest BCUT2D eigenvalue weighted by Gasteiger charge is -2.13. The number of carboxylic acid groups (broad SMARTS) is 1. The first-order chi connectivity index (χ1) is 8.40. The summed E-state index contributed by atoms with van der Waals surface area (Å²) in [6, 6.07) is 3.12. The molecule has 1 aliphatic rings. The highest BCUT2D eigenvalue weighted by atomic mass is 32.2. The molecule has 1 fully saturated rings. The van der Waals surface area contributed by atoms with Crippen LogP contribution in [-0.4, -0.2) is 25.5 Å². The summed E-state index contributed by atoms with van der Waals surface area (Å²) < 4.78 is 38.6. The first-order valence-corrected chi connectivity index (χ1v) is 6.89. The van der Waals surface area contributed by atoms with Gasteiger partial charge in [-0.05, 0) is 43.0 Å². The monoisotopic (exact) mass is 273 g/mol. The van der Waals surface area contributed by atoms with Crippen LogP contribution in [0, 0.1) is 11.7 Å². The van der Waals surface area contributed by atoms with Gasteiger partial charge in [0.25, 0.3) is 0 Å². The smallest absolute Gasteiger partial charge is 0.322 e. The molecule has 1 unspecified atom stereocenters. The number of carbonyl (C=O) groups is 1. The van der Waals surface area contributed by atoms with E-state index in [1.54, 1.807) is 0 Å². The van der Waals surface area contributed by atoms with E-state index in [9.17, 15) is 17.6 Å². The fraction of sp³-hybridized carbons (Fsp3) is 0.364. The number of benzene rings is 1. The van der Waals surface area contributed by atoms with Crippen molar-refractivity contribution in [1.29, 1.82) is 0 Å². The highest BCUT2D eigenvalue weighted by Crippen LogP contribution is 2.33. The van der Waals surface area contributed by atoms with Gasteiger partial charge < -0.3 is 5.11 Å². The molecule has 0 heterocycles. The van der Waals surface area contributed by atoms with Crippen molar-refractivity contribution in [3.63, 3.8) is 0 Å². The van der Waals surface area contributed by atoms with Crippen LogP contribution in [0.3, 0.4) is 0 Å². The Hall–Kier alpha value is -1.47. The first-order valence-electron chi connectivity index (χ1n) is 5.41. The molecule has 1 atom stereocenters. The minimum Gasteiger partial charge on any atom is -0.480 e. The molecular weight excluding hydrogens is 261 g/mol. The van der Waals surface area contributed by atoms with Gasteiger partial charge in [-0.25, -0.2) is 12.8 Å². The standard InChI is InChI=1S/C11H12FNO4S/c12-8-3-5-9(6-4-8)18(16,17)13-10(11(14)15)7-1-2-7/h3-7,10,13H,1-2H2,(H,14,15). The van der Waals surface area contributed by atoms with Gasteiger partial charge in [0.15, 0.2) is 0 Å². The predicted molar refractivity (Wildman–Crippen MR) is 60.9 cm³/mol. The average molecular weight is 273 g/mol. The minimum atomic E-state index is -3.92. The molecule has 1 saturated carbocycles. The lowest BCUT2D eigenvalue weighted by atomic mass is 10.2. The van der Waals surface area contributed by atoms with Crippen LogP contribution in [0.1, 0.15) is 12.8 Å². The number of nitrogens with one attached hydrogen (secondary N) is 1. The largest absolute Gasteiger partial charge is 0.480 e. The molecule has 2 rings (SSSR count). The van der Waals surface area contributed by atoms with Crippen molar-refractivity contribution >= 4 is 16.0 Å². The molecule has 18 heavy (non-hydrogen) atoms. The molecule has 1 aliphatic carbocycles. The Morgan fingerprint density at radius 3 is 2.33 bits per heavy atom. The summed E-state index contributed by atoms with van der Waals surface area (Å²) in [6.45, 7) is 0. The quantitative estimate of drug-likeness (QED) is 0.837. The van der Waals surface area contributed by atoms with Crippen LogP contribution in [0.15, 0.2) is 29.2 Å². The van der Waals surface area contributed by atoms with E-state index in [1.165, 1.54) is 0 Å². The number of carboxylic acids is 1. The third kappa shape index (κ3) is 2.85. The Morgan fingerprint density at radius 2 is 1.89 bits per heavy atom. The van der Waals surface area contributed by atoms with Crippen molar-refractivity contribution < 1.29 is 22.7 Å². The summed E-state index contributed by atoms with van der Waals surface area (Å²) in [4.78, 5) is 10.8. The average Bonchev–Trinajstić information content (AvgIpc) is 3.10. The fourth-order valence-corrected chi connectivity index (χ4v) is 2.88. The highest BCUT2D eigenvalue weighted by Gasteiger charge is 2.39. The van der Waals surface area contributed by atoms with Gasteiger partial charge in [0.2, 0.25) is 10.0 Å². The predicted octanol–water partition coefficient (Wildman–Crippen LogP) is 0.967. The van der Waals surface area contributed by atoms with Crippen molar-refractivity contribution in [1.82, 2.24) is 4.72 Å². The number of aliphatic carboxylic acids is 1. The number of sulfonamides is 1. The van der Waals surface area contributed by atoms with Crippen LogP contribution in [-0.2, 0) is 14.8 Å². The van der Waals surface area contributed by atoms with Crippen molar-refractivity contribution in [2.75, 3.05) is 0 Å². The molecule has 2 N–H and O–H groups in total. The first kappa shape index (κ1) is 13.0. The van der Waals surface area contributed by atoms with E-state index in [0.29, 0.717) is 12.8 Å². The molecule has 98 valence electrons. The molecule has 0 radical (unpaired) electrons. The molecule has 0 bridgehead atoms. The summed E-state index contributed by atoms with van der Waals surface area (Å²) in [6.07, 6.45) is 1.39. The van der Waals surface area contributed by atoms with Crippen molar-refractivity contribution in [3.8, 4) is 0 Å². The fourth-order valence-electron chi connectivity index (χ4n) is 1.63. The van der Waals surface area contributed by atoms with E-state index in [1.807, 2.05) is 0 Å². The third-order valence-corrected chi connectivity index (χ3v) is 4.22. The zero-order chi connectivity index (χ0) is 13.3. The third-order valence-electron chi connectivity index (χ3n) is 2.77. The van der Waals surface area contributed by atoms with Crippen molar-refractivity contribution in [2.24, 2.45) is 5.92 Å². The van der Waals surface area contributed by atoms with E-state index in [4.69, 9.17) is 5.11 Å². The Bertz CT molecular complexity index is 551. The molecule has 0 amide bonds. The Balaban J connectivity index is 2.20. The van der Waals surface area contributed by atoms with Gasteiger partial charge in [-0.1, -0.05) is 0 Å². The summed E-state index contributed by atoms with van der Waals surface area (Å²) >= 11 is 0. The lowest BCUT2D eigenvalue weighted by molar-refractivity contribution is -0.139. The molecule has 0 aliphatic heterocycles. The molecule has 0 aromatic heterocycles. The zero-order valence-electron chi connectivity index (χ0n) is 9.34. The number of halogens is 1. The van der Waals surface area contributed by atoms with Gasteiger partial charge >= 0.3 is 5.97 Å². The van der Waals surface area contributed by atoms with Gasteiger partial charge in [-0.2, -0.15) is 4.72 Å². The van der Waals surface area contributed by atoms with E-state index in [-0.39, 0.29) is 10.8 Å². The Morgan fingerprint density at radius 1 is 1.33 bits per heavy atom. The summed E-state index contributed by atoms with van der Waals surface area (Å²) in [5.41, 5.74) is 0. The minimum absolute atomic E-state index is 0.143. The summed E-state index contributed by atoms with van der Waals surface area (Å²) in [5, 5.41) is 8.95. The maximum atomic E-state index is 12.7. The van der Waals surface area contributed by atoms with Crippen LogP contribution in [0.2, 0.25) is 0 Å². The van der Waals surface area contributed by atoms with Crippen LogP contribution in [0.4, 0.5) is 4.39 Å². The van der Waals surface area contributed by atoms with Crippen molar-refractivity contribution in [2.45, 2.75) is 23.8 Å². The molecule has 7 heteroatoms. The maximum absolute atomic E-state index is 12.7. The molecule has 0 saturated heterocycles. The lowest BCUT2D eigenvalue weighted by Crippen LogP contribution is -2.42. The second-order valence-corrected chi connectivity index (χ2v) is 5.94. The van der Waals surface area contributed by atoms with Gasteiger partial charge in [0, 0.05) is 0 Å². The van der Waals surface area contributed by atoms with Crippen LogP contribution in [0.25, 0.3) is 0 Å². The number of hydrogen-bond acceptors (Lipinski definition) is 3. The zero-order valence-corrected chi connectivity index (χ0v) is 10.2. The summed E-state index contributed by atoms with van der Waals surface area (Å²) in [5.74, 6) is -1.90. The second-order valence-electron chi connectivity index (χ2n) is 4.23. The normalized spacial score (nSPS) is 17.4. The van der Waals surface area contributed by atoms with Gasteiger partial charge in [-0.15, -0.1) is 0 Å². The Labute approximate surface area is 104 Å². The van der Waals surface area contributed by atoms with E-state index in [0.717, 1.165) is 24.3 Å². The second kappa shape index (κ2) is 4.66. The molecule has 1 aromatic carbocycles. The van der Waals surface area contributed by atoms with Crippen molar-refractivity contribution in [3.05, 3.63) is 30.1 Å². The van der Waals surface area contributed by atoms with Crippen LogP contribution in [0.5, 0.6) is 0 Å². The van der Waals surface area contributed by atoms with Gasteiger partial charge in [0.1, 0.15) is 11.9 Å². The number of hydrogen-bond donors (Lipinski definition) is 2. The van der Waals surface area contributed by atoms with Crippen LogP contribution >= 0.6 is 0 Å². The molecule has 1 aromatic rings. The van der Waals surface area contributed by atoms with Crippen LogP contribution < -0.4 is 4.72 Å². The molecule has 0 spiro atoms. The number of rotatable bonds is 5. The highest BCUT2D eigenvalue weighted by molar-refractivity contribution is 7.89. The molecule has 5 nitrogen and oxygen atoms in total. The maximum Gasteiger partial charge on any atom is 0.322 e. The topological polar surface area (TPSA) is 83.5 Å². The van der Waals surface area contributed by atoms with E-state index in [2.05, 4.69) is 4.72 Å². The Kier molecular flexibility index (Phi) is 3.36. The molecular formula is C11H12FNO4S. The van der Waals surface area contributed by atoms with Gasteiger partial charge in [0.05, 0.1) is 4.90 Å². The summed E-state index contributed by atoms with van der Waals surface area (Å²) in [7, 11) is -3.92. The van der Waals surface area contributed by atoms with E-state index < -0.39 is 27.9 Å². The SMILES string of the molecule is O=C(O)C(NS(=O)(=O)c1ccc(F)cc1)C1CC1. The van der Waals surface area contributed by atoms with Gasteiger partial charge in [-0.3, -0.25) is 4.79 Å². The van der Waals surface area contributed by atoms with E-state index >= 15 is 0 Å².